The molecule has 1 aromatic carbocycles. The highest BCUT2D eigenvalue weighted by Gasteiger charge is 2.49. The van der Waals surface area contributed by atoms with Crippen molar-refractivity contribution in [3.63, 3.8) is 0 Å². The van der Waals surface area contributed by atoms with Crippen LogP contribution >= 0.6 is 0 Å². The van der Waals surface area contributed by atoms with Gasteiger partial charge in [0.2, 0.25) is 11.8 Å². The van der Waals surface area contributed by atoms with Gasteiger partial charge in [-0.15, -0.1) is 6.42 Å². The number of piperazine rings is 1. The maximum atomic E-state index is 13.3. The van der Waals surface area contributed by atoms with Crippen LogP contribution in [0.3, 0.4) is 0 Å². The third-order valence-corrected chi connectivity index (χ3v) is 6.21. The Morgan fingerprint density at radius 2 is 1.97 bits per heavy atom. The van der Waals surface area contributed by atoms with Crippen LogP contribution in [-0.2, 0) is 16.1 Å². The fourth-order valence-electron chi connectivity index (χ4n) is 4.53. The SMILES string of the molecule is C#CCN1CC(=O)N2[C@@H](CCC)C(=O)N(CCC(C)C)C[C@@H]2N1CNCc1ccccc1. The maximum Gasteiger partial charge on any atom is 0.245 e. The molecule has 3 rings (SSSR count). The normalized spacial score (nSPS) is 22.3. The predicted octanol–water partition coefficient (Wildman–Crippen LogP) is 2.11. The summed E-state index contributed by atoms with van der Waals surface area (Å²) in [5, 5.41) is 7.60. The Bertz CT molecular complexity index is 806. The molecule has 0 unspecified atom stereocenters. The van der Waals surface area contributed by atoms with Crippen molar-refractivity contribution >= 4 is 11.8 Å². The number of fused-ring (bicyclic) bond motifs is 1. The predicted molar refractivity (Wildman–Crippen MR) is 126 cm³/mol. The van der Waals surface area contributed by atoms with Crippen molar-refractivity contribution in [1.29, 1.82) is 0 Å². The molecule has 0 bridgehead atoms. The summed E-state index contributed by atoms with van der Waals surface area (Å²) in [7, 11) is 0. The van der Waals surface area contributed by atoms with Gasteiger partial charge in [0.1, 0.15) is 12.2 Å². The molecule has 1 aromatic rings. The van der Waals surface area contributed by atoms with E-state index in [0.717, 1.165) is 25.9 Å². The van der Waals surface area contributed by atoms with E-state index in [9.17, 15) is 9.59 Å². The van der Waals surface area contributed by atoms with Crippen LogP contribution < -0.4 is 5.32 Å². The molecule has 0 saturated carbocycles. The minimum absolute atomic E-state index is 0.0140. The van der Waals surface area contributed by atoms with E-state index in [1.165, 1.54) is 5.56 Å². The summed E-state index contributed by atoms with van der Waals surface area (Å²) in [4.78, 5) is 30.2. The third kappa shape index (κ3) is 5.69. The van der Waals surface area contributed by atoms with Crippen LogP contribution in [0.4, 0.5) is 0 Å². The van der Waals surface area contributed by atoms with Gasteiger partial charge in [-0.2, -0.15) is 0 Å². The Hall–Kier alpha value is -2.40. The van der Waals surface area contributed by atoms with E-state index in [4.69, 9.17) is 6.42 Å². The van der Waals surface area contributed by atoms with Crippen LogP contribution in [0, 0.1) is 18.3 Å². The molecule has 0 radical (unpaired) electrons. The second kappa shape index (κ2) is 11.5. The van der Waals surface area contributed by atoms with Crippen molar-refractivity contribution in [2.24, 2.45) is 5.92 Å². The van der Waals surface area contributed by atoms with Crippen molar-refractivity contribution in [3.05, 3.63) is 35.9 Å². The van der Waals surface area contributed by atoms with Gasteiger partial charge < -0.3 is 9.80 Å². The first-order chi connectivity index (χ1) is 15.5. The van der Waals surface area contributed by atoms with E-state index in [1.807, 2.05) is 33.0 Å². The van der Waals surface area contributed by atoms with Gasteiger partial charge in [0, 0.05) is 13.1 Å². The van der Waals surface area contributed by atoms with Crippen LogP contribution in [0.15, 0.2) is 30.3 Å². The highest BCUT2D eigenvalue weighted by atomic mass is 16.2. The quantitative estimate of drug-likeness (QED) is 0.566. The van der Waals surface area contributed by atoms with Gasteiger partial charge in [0.05, 0.1) is 26.3 Å². The van der Waals surface area contributed by atoms with Crippen molar-refractivity contribution < 1.29 is 9.59 Å². The van der Waals surface area contributed by atoms with Crippen molar-refractivity contribution in [2.45, 2.75) is 58.8 Å². The average Bonchev–Trinajstić information content (AvgIpc) is 2.77. The Morgan fingerprint density at radius 3 is 2.62 bits per heavy atom. The molecule has 174 valence electrons. The lowest BCUT2D eigenvalue weighted by Crippen LogP contribution is -2.75. The Kier molecular flexibility index (Phi) is 8.68. The average molecular weight is 440 g/mol. The van der Waals surface area contributed by atoms with E-state index < -0.39 is 6.04 Å². The summed E-state index contributed by atoms with van der Waals surface area (Å²) in [6.45, 7) is 9.46. The van der Waals surface area contributed by atoms with Gasteiger partial charge in [0.15, 0.2) is 0 Å². The molecule has 0 aromatic heterocycles. The smallest absolute Gasteiger partial charge is 0.245 e. The van der Waals surface area contributed by atoms with Crippen LogP contribution in [0.1, 0.15) is 45.6 Å². The van der Waals surface area contributed by atoms with Crippen molar-refractivity contribution in [3.8, 4) is 12.3 Å². The molecule has 0 spiro atoms. The van der Waals surface area contributed by atoms with Crippen LogP contribution in [0.25, 0.3) is 0 Å². The summed E-state index contributed by atoms with van der Waals surface area (Å²) < 4.78 is 0. The van der Waals surface area contributed by atoms with Gasteiger partial charge in [-0.1, -0.05) is 63.4 Å². The zero-order chi connectivity index (χ0) is 23.1. The number of hydrazine groups is 1. The molecule has 32 heavy (non-hydrogen) atoms. The van der Waals surface area contributed by atoms with E-state index in [2.05, 4.69) is 49.2 Å². The van der Waals surface area contributed by atoms with Crippen LogP contribution in [-0.4, -0.2) is 76.7 Å². The fourth-order valence-corrected chi connectivity index (χ4v) is 4.53. The molecule has 2 aliphatic heterocycles. The van der Waals surface area contributed by atoms with Crippen molar-refractivity contribution in [2.75, 3.05) is 32.8 Å². The summed E-state index contributed by atoms with van der Waals surface area (Å²) in [5.41, 5.74) is 1.20. The van der Waals surface area contributed by atoms with Crippen molar-refractivity contribution in [1.82, 2.24) is 25.1 Å². The summed E-state index contributed by atoms with van der Waals surface area (Å²) in [5.74, 6) is 3.28. The van der Waals surface area contributed by atoms with E-state index >= 15 is 0 Å². The zero-order valence-corrected chi connectivity index (χ0v) is 19.7. The molecule has 1 N–H and O–H groups in total. The highest BCUT2D eigenvalue weighted by molar-refractivity contribution is 5.90. The summed E-state index contributed by atoms with van der Waals surface area (Å²) in [6.07, 6.45) is 7.90. The Morgan fingerprint density at radius 1 is 1.22 bits per heavy atom. The molecule has 2 fully saturated rings. The molecular formula is C25H37N5O2. The topological polar surface area (TPSA) is 59.1 Å². The number of nitrogens with one attached hydrogen (secondary N) is 1. The first-order valence-electron chi connectivity index (χ1n) is 11.8. The summed E-state index contributed by atoms with van der Waals surface area (Å²) >= 11 is 0. The van der Waals surface area contributed by atoms with Crippen LogP contribution in [0.5, 0.6) is 0 Å². The number of hydrogen-bond acceptors (Lipinski definition) is 5. The molecule has 2 amide bonds. The fraction of sp³-hybridized carbons (Fsp3) is 0.600. The van der Waals surface area contributed by atoms with Gasteiger partial charge in [-0.3, -0.25) is 14.9 Å². The Balaban J connectivity index is 1.82. The second-order valence-electron chi connectivity index (χ2n) is 9.09. The molecule has 2 aliphatic rings. The standard InChI is InChI=1S/C25H37N5O2/c1-5-10-22-25(32)27(15-13-20(3)4)17-23-29(19-26-16-21-11-8-7-9-12-21)28(14-6-2)18-24(31)30(22)23/h2,7-9,11-12,20,22-23,26H,5,10,13-19H2,1,3-4H3/t22-,23+/m0/s1. The van der Waals surface area contributed by atoms with Gasteiger partial charge in [-0.25, -0.2) is 10.0 Å². The largest absolute Gasteiger partial charge is 0.337 e. The lowest BCUT2D eigenvalue weighted by atomic mass is 10.0. The number of amides is 2. The van der Waals surface area contributed by atoms with E-state index in [1.54, 1.807) is 0 Å². The van der Waals surface area contributed by atoms with Gasteiger partial charge in [0.25, 0.3) is 0 Å². The van der Waals surface area contributed by atoms with Gasteiger partial charge >= 0.3 is 0 Å². The number of nitrogens with zero attached hydrogens (tertiary/aromatic N) is 4. The first-order valence-corrected chi connectivity index (χ1v) is 11.8. The molecular weight excluding hydrogens is 402 g/mol. The van der Waals surface area contributed by atoms with Crippen LogP contribution in [0.2, 0.25) is 0 Å². The molecule has 2 saturated heterocycles. The number of rotatable bonds is 10. The lowest BCUT2D eigenvalue weighted by molar-refractivity contribution is -0.203. The van der Waals surface area contributed by atoms with E-state index in [-0.39, 0.29) is 24.5 Å². The number of carbonyl (C=O) groups is 2. The molecule has 0 aliphatic carbocycles. The number of hydrogen-bond donors (Lipinski definition) is 1. The number of carbonyl (C=O) groups excluding carboxylic acids is 2. The number of terminal acetylenes is 1. The maximum absolute atomic E-state index is 13.3. The Labute approximate surface area is 192 Å². The molecule has 2 heterocycles. The minimum atomic E-state index is -0.400. The molecule has 7 nitrogen and oxygen atoms in total. The number of benzene rings is 1. The molecule has 2 atom stereocenters. The van der Waals surface area contributed by atoms with Gasteiger partial charge in [-0.05, 0) is 24.3 Å². The van der Waals surface area contributed by atoms with E-state index in [0.29, 0.717) is 32.1 Å². The summed E-state index contributed by atoms with van der Waals surface area (Å²) in [6, 6.07) is 9.83. The highest BCUT2D eigenvalue weighted by Crippen LogP contribution is 2.28. The molecule has 7 heteroatoms. The lowest BCUT2D eigenvalue weighted by Gasteiger charge is -2.55. The third-order valence-electron chi connectivity index (χ3n) is 6.21. The second-order valence-corrected chi connectivity index (χ2v) is 9.09. The monoisotopic (exact) mass is 439 g/mol. The first kappa shape index (κ1) is 24.2. The zero-order valence-electron chi connectivity index (χ0n) is 19.7. The minimum Gasteiger partial charge on any atom is -0.337 e.